The van der Waals surface area contributed by atoms with Crippen LogP contribution in [0.3, 0.4) is 0 Å². The summed E-state index contributed by atoms with van der Waals surface area (Å²) < 4.78 is 0. The Morgan fingerprint density at radius 1 is 0.524 bits per heavy atom. The van der Waals surface area contributed by atoms with Gasteiger partial charge >= 0.3 is 0 Å². The van der Waals surface area contributed by atoms with Gasteiger partial charge in [-0.05, 0) is 61.4 Å². The molecule has 1 nitrogen and oxygen atoms in total. The first-order valence-electron chi connectivity index (χ1n) is 7.23. The number of hydrogen-bond donors (Lipinski definition) is 0. The molecule has 0 saturated heterocycles. The maximum absolute atomic E-state index is 2.28. The molecular formula is C20H19N. The third-order valence-electron chi connectivity index (χ3n) is 3.78. The van der Waals surface area contributed by atoms with Gasteiger partial charge in [0.05, 0.1) is 0 Å². The Kier molecular flexibility index (Phi) is 3.74. The first kappa shape index (κ1) is 13.4. The molecule has 0 N–H and O–H groups in total. The molecule has 0 spiro atoms. The van der Waals surface area contributed by atoms with Crippen molar-refractivity contribution in [3.8, 4) is 0 Å². The fraction of sp³-hybridized carbons (Fsp3) is 0.100. The van der Waals surface area contributed by atoms with Gasteiger partial charge in [-0.15, -0.1) is 0 Å². The molecule has 0 bridgehead atoms. The summed E-state index contributed by atoms with van der Waals surface area (Å²) in [4.78, 5) is 2.28. The van der Waals surface area contributed by atoms with Crippen LogP contribution in [0.15, 0.2) is 78.9 Å². The fourth-order valence-electron chi connectivity index (χ4n) is 2.47. The van der Waals surface area contributed by atoms with Crippen LogP contribution in [0.25, 0.3) is 0 Å². The predicted molar refractivity (Wildman–Crippen MR) is 90.6 cm³/mol. The minimum Gasteiger partial charge on any atom is -0.310 e. The van der Waals surface area contributed by atoms with Crippen LogP contribution in [0, 0.1) is 13.8 Å². The van der Waals surface area contributed by atoms with Crippen molar-refractivity contribution in [3.05, 3.63) is 90.0 Å². The van der Waals surface area contributed by atoms with Gasteiger partial charge < -0.3 is 4.90 Å². The molecule has 0 fully saturated rings. The summed E-state index contributed by atoms with van der Waals surface area (Å²) in [5.74, 6) is 0. The zero-order chi connectivity index (χ0) is 14.7. The van der Waals surface area contributed by atoms with Crippen LogP contribution in [-0.4, -0.2) is 0 Å². The molecular weight excluding hydrogens is 254 g/mol. The normalized spacial score (nSPS) is 10.4. The number of anilines is 3. The first-order valence-corrected chi connectivity index (χ1v) is 7.23. The smallest absolute Gasteiger partial charge is 0.0464 e. The van der Waals surface area contributed by atoms with Crippen LogP contribution in [-0.2, 0) is 0 Å². The van der Waals surface area contributed by atoms with Crippen molar-refractivity contribution >= 4 is 17.1 Å². The van der Waals surface area contributed by atoms with E-state index in [0.29, 0.717) is 0 Å². The molecule has 0 amide bonds. The van der Waals surface area contributed by atoms with Gasteiger partial charge in [0.2, 0.25) is 0 Å². The minimum absolute atomic E-state index is 1.17. The van der Waals surface area contributed by atoms with E-state index in [1.807, 2.05) is 12.1 Å². The van der Waals surface area contributed by atoms with Crippen molar-refractivity contribution in [2.24, 2.45) is 0 Å². The van der Waals surface area contributed by atoms with E-state index in [-0.39, 0.29) is 0 Å². The highest BCUT2D eigenvalue weighted by Crippen LogP contribution is 2.34. The Morgan fingerprint density at radius 3 is 1.52 bits per heavy atom. The number of rotatable bonds is 3. The summed E-state index contributed by atoms with van der Waals surface area (Å²) in [5.41, 5.74) is 6.17. The number of aryl methyl sites for hydroxylation is 2. The lowest BCUT2D eigenvalue weighted by Crippen LogP contribution is -2.09. The van der Waals surface area contributed by atoms with E-state index in [9.17, 15) is 0 Å². The summed E-state index contributed by atoms with van der Waals surface area (Å²) >= 11 is 0. The highest BCUT2D eigenvalue weighted by atomic mass is 15.1. The Morgan fingerprint density at radius 2 is 1.05 bits per heavy atom. The summed E-state index contributed by atoms with van der Waals surface area (Å²) in [6, 6.07) is 27.6. The summed E-state index contributed by atoms with van der Waals surface area (Å²) in [5, 5.41) is 0. The lowest BCUT2D eigenvalue weighted by molar-refractivity contribution is 1.25. The zero-order valence-corrected chi connectivity index (χ0v) is 12.5. The molecule has 0 unspecified atom stereocenters. The lowest BCUT2D eigenvalue weighted by Gasteiger charge is -2.26. The van der Waals surface area contributed by atoms with Gasteiger partial charge in [0.1, 0.15) is 0 Å². The third kappa shape index (κ3) is 2.82. The number of para-hydroxylation sites is 2. The Balaban J connectivity index is 2.14. The van der Waals surface area contributed by atoms with Crippen molar-refractivity contribution < 1.29 is 0 Å². The van der Waals surface area contributed by atoms with Crippen LogP contribution >= 0.6 is 0 Å². The van der Waals surface area contributed by atoms with Gasteiger partial charge in [0.25, 0.3) is 0 Å². The second-order valence-electron chi connectivity index (χ2n) is 5.28. The average Bonchev–Trinajstić information content (AvgIpc) is 2.53. The van der Waals surface area contributed by atoms with Gasteiger partial charge in [0, 0.05) is 17.1 Å². The van der Waals surface area contributed by atoms with Crippen molar-refractivity contribution in [2.45, 2.75) is 13.8 Å². The Bertz CT molecular complexity index is 678. The zero-order valence-electron chi connectivity index (χ0n) is 12.5. The van der Waals surface area contributed by atoms with E-state index in [4.69, 9.17) is 0 Å². The molecule has 3 aromatic carbocycles. The average molecular weight is 273 g/mol. The predicted octanol–water partition coefficient (Wildman–Crippen LogP) is 5.77. The SMILES string of the molecule is Cc1ccc(N(c2ccccc2)c2ccccc2)cc1C. The highest BCUT2D eigenvalue weighted by molar-refractivity contribution is 5.76. The highest BCUT2D eigenvalue weighted by Gasteiger charge is 2.11. The van der Waals surface area contributed by atoms with Crippen LogP contribution in [0.1, 0.15) is 11.1 Å². The standard InChI is InChI=1S/C20H19N/c1-16-13-14-20(15-17(16)2)21(18-9-5-3-6-10-18)19-11-7-4-8-12-19/h3-15H,1-2H3. The second kappa shape index (κ2) is 5.84. The minimum atomic E-state index is 1.17. The molecule has 0 heterocycles. The third-order valence-corrected chi connectivity index (χ3v) is 3.78. The molecule has 3 aromatic rings. The fourth-order valence-corrected chi connectivity index (χ4v) is 2.47. The molecule has 3 rings (SSSR count). The van der Waals surface area contributed by atoms with Crippen molar-refractivity contribution in [2.75, 3.05) is 4.90 Å². The largest absolute Gasteiger partial charge is 0.310 e. The molecule has 0 aliphatic rings. The molecule has 0 atom stereocenters. The first-order chi connectivity index (χ1) is 10.3. The van der Waals surface area contributed by atoms with E-state index in [1.54, 1.807) is 0 Å². The maximum atomic E-state index is 2.28. The molecule has 0 aliphatic carbocycles. The summed E-state index contributed by atoms with van der Waals surface area (Å²) in [6.07, 6.45) is 0. The van der Waals surface area contributed by atoms with E-state index in [0.717, 1.165) is 0 Å². The maximum Gasteiger partial charge on any atom is 0.0464 e. The van der Waals surface area contributed by atoms with E-state index in [2.05, 4.69) is 85.5 Å². The summed E-state index contributed by atoms with van der Waals surface area (Å²) in [7, 11) is 0. The topological polar surface area (TPSA) is 3.24 Å². The van der Waals surface area contributed by atoms with Crippen molar-refractivity contribution in [3.63, 3.8) is 0 Å². The Hall–Kier alpha value is -2.54. The van der Waals surface area contributed by atoms with Gasteiger partial charge in [-0.25, -0.2) is 0 Å². The van der Waals surface area contributed by atoms with Crippen molar-refractivity contribution in [1.82, 2.24) is 0 Å². The molecule has 0 aromatic heterocycles. The Labute approximate surface area is 126 Å². The van der Waals surface area contributed by atoms with E-state index >= 15 is 0 Å². The number of benzene rings is 3. The van der Waals surface area contributed by atoms with E-state index < -0.39 is 0 Å². The van der Waals surface area contributed by atoms with E-state index in [1.165, 1.54) is 28.2 Å². The molecule has 21 heavy (non-hydrogen) atoms. The number of hydrogen-bond acceptors (Lipinski definition) is 1. The molecule has 0 saturated carbocycles. The van der Waals surface area contributed by atoms with Gasteiger partial charge in [-0.2, -0.15) is 0 Å². The lowest BCUT2D eigenvalue weighted by atomic mass is 10.1. The number of nitrogens with zero attached hydrogens (tertiary/aromatic N) is 1. The van der Waals surface area contributed by atoms with Gasteiger partial charge in [-0.1, -0.05) is 42.5 Å². The molecule has 0 aliphatic heterocycles. The molecule has 104 valence electrons. The van der Waals surface area contributed by atoms with Crippen LogP contribution in [0.2, 0.25) is 0 Å². The van der Waals surface area contributed by atoms with Crippen LogP contribution in [0.5, 0.6) is 0 Å². The quantitative estimate of drug-likeness (QED) is 0.585. The summed E-state index contributed by atoms with van der Waals surface area (Å²) in [6.45, 7) is 4.31. The van der Waals surface area contributed by atoms with Gasteiger partial charge in [0.15, 0.2) is 0 Å². The molecule has 1 heteroatoms. The van der Waals surface area contributed by atoms with Crippen molar-refractivity contribution in [1.29, 1.82) is 0 Å². The molecule has 0 radical (unpaired) electrons. The van der Waals surface area contributed by atoms with Crippen LogP contribution in [0.4, 0.5) is 17.1 Å². The monoisotopic (exact) mass is 273 g/mol. The van der Waals surface area contributed by atoms with Crippen LogP contribution < -0.4 is 4.90 Å². The van der Waals surface area contributed by atoms with Gasteiger partial charge in [-0.3, -0.25) is 0 Å². The second-order valence-corrected chi connectivity index (χ2v) is 5.28.